The Morgan fingerprint density at radius 1 is 0.971 bits per heavy atom. The zero-order chi connectivity index (χ0) is 23.3. The van der Waals surface area contributed by atoms with Crippen LogP contribution >= 0.6 is 11.8 Å². The monoisotopic (exact) mass is 471 g/mol. The molecule has 2 heterocycles. The smallest absolute Gasteiger partial charge is 0.231 e. The van der Waals surface area contributed by atoms with Crippen LogP contribution in [0.1, 0.15) is 12.5 Å². The molecule has 1 N–H and O–H groups in total. The van der Waals surface area contributed by atoms with Crippen molar-refractivity contribution in [1.29, 1.82) is 0 Å². The highest BCUT2D eigenvalue weighted by Gasteiger charge is 2.20. The standard InChI is InChI=1S/C27H25N3O3S/c1-2-30-26(21-11-7-4-8-12-21)25(20-9-5-3-6-10-20)29-27(30)34-17-24(31)28-16-19-13-14-22-23(15-19)33-18-32-22/h3-15H,2,16-18H2,1H3,(H,28,31). The maximum atomic E-state index is 12.6. The van der Waals surface area contributed by atoms with E-state index in [1.165, 1.54) is 11.8 Å². The van der Waals surface area contributed by atoms with Gasteiger partial charge in [0, 0.05) is 24.2 Å². The van der Waals surface area contributed by atoms with Crippen LogP contribution in [-0.4, -0.2) is 28.0 Å². The van der Waals surface area contributed by atoms with Gasteiger partial charge in [0.05, 0.1) is 17.1 Å². The second-order valence-corrected chi connectivity index (χ2v) is 8.76. The number of rotatable bonds is 8. The lowest BCUT2D eigenvalue weighted by Gasteiger charge is -2.11. The largest absolute Gasteiger partial charge is 0.454 e. The van der Waals surface area contributed by atoms with Crippen molar-refractivity contribution >= 4 is 17.7 Å². The Labute approximate surface area is 202 Å². The summed E-state index contributed by atoms with van der Waals surface area (Å²) in [5.74, 6) is 1.69. The van der Waals surface area contributed by atoms with Crippen LogP contribution < -0.4 is 14.8 Å². The van der Waals surface area contributed by atoms with E-state index in [0.717, 1.165) is 45.5 Å². The van der Waals surface area contributed by atoms with Crippen molar-refractivity contribution in [3.05, 3.63) is 84.4 Å². The lowest BCUT2D eigenvalue weighted by Crippen LogP contribution is -2.24. The number of thioether (sulfide) groups is 1. The van der Waals surface area contributed by atoms with E-state index in [0.29, 0.717) is 12.3 Å². The Hall–Kier alpha value is -3.71. The van der Waals surface area contributed by atoms with Gasteiger partial charge in [0.1, 0.15) is 0 Å². The molecule has 5 rings (SSSR count). The van der Waals surface area contributed by atoms with Gasteiger partial charge in [0.15, 0.2) is 16.7 Å². The molecule has 7 heteroatoms. The fourth-order valence-electron chi connectivity index (χ4n) is 3.95. The molecule has 0 saturated carbocycles. The predicted molar refractivity (Wildman–Crippen MR) is 134 cm³/mol. The molecule has 4 aromatic rings. The summed E-state index contributed by atoms with van der Waals surface area (Å²) in [6.07, 6.45) is 0. The van der Waals surface area contributed by atoms with Crippen LogP contribution in [0.4, 0.5) is 0 Å². The minimum atomic E-state index is -0.0455. The van der Waals surface area contributed by atoms with Crippen molar-refractivity contribution in [3.63, 3.8) is 0 Å². The van der Waals surface area contributed by atoms with Gasteiger partial charge in [-0.2, -0.15) is 0 Å². The lowest BCUT2D eigenvalue weighted by molar-refractivity contribution is -0.118. The molecule has 1 amide bonds. The van der Waals surface area contributed by atoms with Gasteiger partial charge in [0.25, 0.3) is 0 Å². The van der Waals surface area contributed by atoms with Crippen molar-refractivity contribution in [2.75, 3.05) is 12.5 Å². The van der Waals surface area contributed by atoms with Gasteiger partial charge < -0.3 is 19.4 Å². The second-order valence-electron chi connectivity index (χ2n) is 7.82. The van der Waals surface area contributed by atoms with Gasteiger partial charge in [-0.15, -0.1) is 0 Å². The molecule has 0 fully saturated rings. The third kappa shape index (κ3) is 4.65. The number of carbonyl (C=O) groups is 1. The number of carbonyl (C=O) groups excluding carboxylic acids is 1. The first-order chi connectivity index (χ1) is 16.7. The van der Waals surface area contributed by atoms with E-state index < -0.39 is 0 Å². The second kappa shape index (κ2) is 10.1. The molecule has 3 aromatic carbocycles. The molecule has 0 saturated heterocycles. The van der Waals surface area contributed by atoms with Crippen molar-refractivity contribution in [2.45, 2.75) is 25.2 Å². The Morgan fingerprint density at radius 2 is 1.68 bits per heavy atom. The zero-order valence-electron chi connectivity index (χ0n) is 18.9. The summed E-state index contributed by atoms with van der Waals surface area (Å²) in [5.41, 5.74) is 5.13. The van der Waals surface area contributed by atoms with Crippen molar-refractivity contribution in [2.24, 2.45) is 0 Å². The molecular weight excluding hydrogens is 446 g/mol. The van der Waals surface area contributed by atoms with E-state index in [-0.39, 0.29) is 18.5 Å². The molecule has 172 valence electrons. The van der Waals surface area contributed by atoms with Crippen LogP contribution in [0.15, 0.2) is 84.0 Å². The average Bonchev–Trinajstić information content (AvgIpc) is 3.51. The van der Waals surface area contributed by atoms with E-state index >= 15 is 0 Å². The molecule has 1 aromatic heterocycles. The number of nitrogens with one attached hydrogen (secondary N) is 1. The first kappa shape index (κ1) is 22.1. The minimum absolute atomic E-state index is 0.0455. The number of benzene rings is 3. The summed E-state index contributed by atoms with van der Waals surface area (Å²) in [6.45, 7) is 3.53. The third-order valence-corrected chi connectivity index (χ3v) is 6.58. The van der Waals surface area contributed by atoms with E-state index in [1.54, 1.807) is 0 Å². The number of hydrogen-bond donors (Lipinski definition) is 1. The van der Waals surface area contributed by atoms with Gasteiger partial charge in [-0.05, 0) is 24.6 Å². The average molecular weight is 472 g/mol. The van der Waals surface area contributed by atoms with Crippen molar-refractivity contribution < 1.29 is 14.3 Å². The fourth-order valence-corrected chi connectivity index (χ4v) is 4.85. The highest BCUT2D eigenvalue weighted by atomic mass is 32.2. The maximum Gasteiger partial charge on any atom is 0.231 e. The number of hydrogen-bond acceptors (Lipinski definition) is 5. The number of nitrogens with zero attached hydrogens (tertiary/aromatic N) is 2. The number of aromatic nitrogens is 2. The summed E-state index contributed by atoms with van der Waals surface area (Å²) >= 11 is 1.45. The van der Waals surface area contributed by atoms with Crippen molar-refractivity contribution in [3.8, 4) is 34.0 Å². The summed E-state index contributed by atoms with van der Waals surface area (Å²) in [6, 6.07) is 26.2. The van der Waals surface area contributed by atoms with Crippen molar-refractivity contribution in [1.82, 2.24) is 14.9 Å². The SMILES string of the molecule is CCn1c(SCC(=O)NCc2ccc3c(c2)OCO3)nc(-c2ccccc2)c1-c1ccccc1. The summed E-state index contributed by atoms with van der Waals surface area (Å²) < 4.78 is 12.9. The van der Waals surface area contributed by atoms with Gasteiger partial charge in [0.2, 0.25) is 12.7 Å². The molecule has 0 atom stereocenters. The highest BCUT2D eigenvalue weighted by Crippen LogP contribution is 2.36. The Balaban J connectivity index is 1.33. The molecule has 0 radical (unpaired) electrons. The molecule has 0 aliphatic carbocycles. The third-order valence-electron chi connectivity index (χ3n) is 5.60. The van der Waals surface area contributed by atoms with Crippen LogP contribution in [-0.2, 0) is 17.9 Å². The van der Waals surface area contributed by atoms with Crippen LogP contribution in [0.2, 0.25) is 0 Å². The first-order valence-electron chi connectivity index (χ1n) is 11.2. The van der Waals surface area contributed by atoms with Crippen LogP contribution in [0.25, 0.3) is 22.5 Å². The number of ether oxygens (including phenoxy) is 2. The van der Waals surface area contributed by atoms with Gasteiger partial charge >= 0.3 is 0 Å². The fraction of sp³-hybridized carbons (Fsp3) is 0.185. The summed E-state index contributed by atoms with van der Waals surface area (Å²) in [7, 11) is 0. The van der Waals surface area contributed by atoms with Crippen LogP contribution in [0, 0.1) is 0 Å². The molecule has 1 aliphatic heterocycles. The van der Waals surface area contributed by atoms with Gasteiger partial charge in [-0.3, -0.25) is 4.79 Å². The Kier molecular flexibility index (Phi) is 6.53. The van der Waals surface area contributed by atoms with Crippen LogP contribution in [0.3, 0.4) is 0 Å². The highest BCUT2D eigenvalue weighted by molar-refractivity contribution is 7.99. The molecule has 0 unspecified atom stereocenters. The van der Waals surface area contributed by atoms with Gasteiger partial charge in [-0.1, -0.05) is 78.5 Å². The molecule has 0 bridgehead atoms. The number of imidazole rings is 1. The quantitative estimate of drug-likeness (QED) is 0.350. The molecule has 34 heavy (non-hydrogen) atoms. The minimum Gasteiger partial charge on any atom is -0.454 e. The number of amides is 1. The summed E-state index contributed by atoms with van der Waals surface area (Å²) in [4.78, 5) is 17.6. The molecule has 1 aliphatic rings. The Bertz CT molecular complexity index is 1290. The van der Waals surface area contributed by atoms with E-state index in [1.807, 2.05) is 54.6 Å². The predicted octanol–water partition coefficient (Wildman–Crippen LogP) is 5.37. The molecule has 6 nitrogen and oxygen atoms in total. The van der Waals surface area contributed by atoms with E-state index in [4.69, 9.17) is 14.5 Å². The van der Waals surface area contributed by atoms with Crippen LogP contribution in [0.5, 0.6) is 11.5 Å². The molecule has 0 spiro atoms. The summed E-state index contributed by atoms with van der Waals surface area (Å²) in [5, 5.41) is 3.82. The van der Waals surface area contributed by atoms with E-state index in [2.05, 4.69) is 41.1 Å². The molecular formula is C27H25N3O3S. The Morgan fingerprint density at radius 3 is 2.41 bits per heavy atom. The number of fused-ring (bicyclic) bond motifs is 1. The van der Waals surface area contributed by atoms with Gasteiger partial charge in [-0.25, -0.2) is 4.98 Å². The maximum absolute atomic E-state index is 12.6. The topological polar surface area (TPSA) is 65.4 Å². The first-order valence-corrected chi connectivity index (χ1v) is 12.2. The zero-order valence-corrected chi connectivity index (χ0v) is 19.7. The lowest BCUT2D eigenvalue weighted by atomic mass is 10.0. The normalized spacial score (nSPS) is 12.0. The van der Waals surface area contributed by atoms with E-state index in [9.17, 15) is 4.79 Å².